The zero-order valence-corrected chi connectivity index (χ0v) is 13.8. The molecule has 0 aliphatic rings. The van der Waals surface area contributed by atoms with Gasteiger partial charge < -0.3 is 9.47 Å². The van der Waals surface area contributed by atoms with Crippen LogP contribution < -0.4 is 10.2 Å². The van der Waals surface area contributed by atoms with E-state index in [4.69, 9.17) is 4.74 Å². The Morgan fingerprint density at radius 1 is 1.08 bits per heavy atom. The molecule has 1 N–H and O–H groups in total. The summed E-state index contributed by atoms with van der Waals surface area (Å²) in [4.78, 5) is 11.0. The van der Waals surface area contributed by atoms with Crippen molar-refractivity contribution in [3.05, 3.63) is 77.9 Å². The van der Waals surface area contributed by atoms with E-state index in [0.717, 1.165) is 16.9 Å². The van der Waals surface area contributed by atoms with Crippen LogP contribution >= 0.6 is 0 Å². The number of nitrogens with one attached hydrogen (secondary N) is 1. The van der Waals surface area contributed by atoms with Gasteiger partial charge in [0.2, 0.25) is 0 Å². The van der Waals surface area contributed by atoms with Crippen LogP contribution in [0.2, 0.25) is 0 Å². The first-order chi connectivity index (χ1) is 12.3. The summed E-state index contributed by atoms with van der Waals surface area (Å²) in [5, 5.41) is 6.19. The van der Waals surface area contributed by atoms with Gasteiger partial charge in [-0.3, -0.25) is 0 Å². The van der Waals surface area contributed by atoms with Gasteiger partial charge in [0.25, 0.3) is 0 Å². The van der Waals surface area contributed by atoms with Crippen LogP contribution in [0.1, 0.15) is 11.1 Å². The first-order valence-corrected chi connectivity index (χ1v) is 7.83. The SMILES string of the molecule is COC(=O)N/N=C/c1cccc(OCc2cccc3ccccc23)c1. The maximum Gasteiger partial charge on any atom is 0.427 e. The molecule has 0 saturated heterocycles. The average molecular weight is 334 g/mol. The molecule has 0 heterocycles. The van der Waals surface area contributed by atoms with Gasteiger partial charge in [0.15, 0.2) is 0 Å². The van der Waals surface area contributed by atoms with E-state index in [2.05, 4.69) is 39.5 Å². The highest BCUT2D eigenvalue weighted by molar-refractivity contribution is 5.85. The van der Waals surface area contributed by atoms with Gasteiger partial charge in [-0.05, 0) is 34.0 Å². The van der Waals surface area contributed by atoms with E-state index in [-0.39, 0.29) is 0 Å². The Kier molecular flexibility index (Phi) is 5.26. The van der Waals surface area contributed by atoms with Gasteiger partial charge in [-0.1, -0.05) is 54.6 Å². The number of nitrogens with zero attached hydrogens (tertiary/aromatic N) is 1. The maximum atomic E-state index is 11.0. The first-order valence-electron chi connectivity index (χ1n) is 7.83. The highest BCUT2D eigenvalue weighted by Gasteiger charge is 2.02. The van der Waals surface area contributed by atoms with Gasteiger partial charge in [-0.2, -0.15) is 5.10 Å². The van der Waals surface area contributed by atoms with E-state index in [1.807, 2.05) is 42.5 Å². The number of carbonyl (C=O) groups is 1. The second-order valence-electron chi connectivity index (χ2n) is 5.36. The fraction of sp³-hybridized carbons (Fsp3) is 0.100. The van der Waals surface area contributed by atoms with E-state index in [1.165, 1.54) is 24.1 Å². The molecule has 5 heteroatoms. The quantitative estimate of drug-likeness (QED) is 0.564. The van der Waals surface area contributed by atoms with Crippen LogP contribution in [0.4, 0.5) is 4.79 Å². The van der Waals surface area contributed by atoms with Crippen molar-refractivity contribution in [2.45, 2.75) is 6.61 Å². The predicted octanol–water partition coefficient (Wildman–Crippen LogP) is 4.11. The highest BCUT2D eigenvalue weighted by atomic mass is 16.5. The van der Waals surface area contributed by atoms with Crippen LogP contribution in [0.3, 0.4) is 0 Å². The van der Waals surface area contributed by atoms with Gasteiger partial charge in [0.1, 0.15) is 12.4 Å². The lowest BCUT2D eigenvalue weighted by Crippen LogP contribution is -2.16. The van der Waals surface area contributed by atoms with Crippen molar-refractivity contribution in [2.24, 2.45) is 5.10 Å². The van der Waals surface area contributed by atoms with Gasteiger partial charge in [-0.25, -0.2) is 10.2 Å². The number of ether oxygens (including phenoxy) is 2. The number of hydrogen-bond donors (Lipinski definition) is 1. The van der Waals surface area contributed by atoms with E-state index in [0.29, 0.717) is 6.61 Å². The molecule has 3 aromatic carbocycles. The van der Waals surface area contributed by atoms with Crippen molar-refractivity contribution >= 4 is 23.1 Å². The number of carbonyl (C=O) groups excluding carboxylic acids is 1. The minimum absolute atomic E-state index is 0.475. The van der Waals surface area contributed by atoms with E-state index >= 15 is 0 Å². The molecule has 0 spiro atoms. The number of hydrazone groups is 1. The second kappa shape index (κ2) is 7.97. The highest BCUT2D eigenvalue weighted by Crippen LogP contribution is 2.21. The Morgan fingerprint density at radius 2 is 1.88 bits per heavy atom. The molecule has 0 atom stereocenters. The molecule has 0 radical (unpaired) electrons. The summed E-state index contributed by atoms with van der Waals surface area (Å²) < 4.78 is 10.4. The van der Waals surface area contributed by atoms with E-state index in [9.17, 15) is 4.79 Å². The third-order valence-electron chi connectivity index (χ3n) is 3.69. The van der Waals surface area contributed by atoms with Crippen molar-refractivity contribution in [3.63, 3.8) is 0 Å². The third-order valence-corrected chi connectivity index (χ3v) is 3.69. The number of hydrogen-bond acceptors (Lipinski definition) is 4. The summed E-state index contributed by atoms with van der Waals surface area (Å²) >= 11 is 0. The largest absolute Gasteiger partial charge is 0.489 e. The third kappa shape index (κ3) is 4.35. The Labute approximate surface area is 145 Å². The lowest BCUT2D eigenvalue weighted by atomic mass is 10.1. The summed E-state index contributed by atoms with van der Waals surface area (Å²) in [5.74, 6) is 0.731. The Balaban J connectivity index is 1.69. The predicted molar refractivity (Wildman–Crippen MR) is 97.9 cm³/mol. The molecule has 0 aromatic heterocycles. The van der Waals surface area contributed by atoms with Crippen LogP contribution in [0, 0.1) is 0 Å². The molecular formula is C20H18N2O3. The van der Waals surface area contributed by atoms with Crippen LogP contribution in [0.25, 0.3) is 10.8 Å². The van der Waals surface area contributed by atoms with Gasteiger partial charge in [0.05, 0.1) is 13.3 Å². The summed E-state index contributed by atoms with van der Waals surface area (Å²) in [6.45, 7) is 0.475. The molecule has 1 amide bonds. The topological polar surface area (TPSA) is 59.9 Å². The van der Waals surface area contributed by atoms with Crippen LogP contribution in [-0.2, 0) is 11.3 Å². The maximum absolute atomic E-state index is 11.0. The minimum atomic E-state index is -0.611. The van der Waals surface area contributed by atoms with Crippen LogP contribution in [0.5, 0.6) is 5.75 Å². The van der Waals surface area contributed by atoms with Gasteiger partial charge >= 0.3 is 6.09 Å². The molecule has 0 saturated carbocycles. The molecule has 0 aliphatic heterocycles. The second-order valence-corrected chi connectivity index (χ2v) is 5.36. The Hall–Kier alpha value is -3.34. The van der Waals surface area contributed by atoms with E-state index < -0.39 is 6.09 Å². The zero-order valence-electron chi connectivity index (χ0n) is 13.8. The van der Waals surface area contributed by atoms with Crippen LogP contribution in [0.15, 0.2) is 71.8 Å². The van der Waals surface area contributed by atoms with Crippen molar-refractivity contribution in [3.8, 4) is 5.75 Å². The number of amides is 1. The summed E-state index contributed by atoms with van der Waals surface area (Å²) in [7, 11) is 1.28. The monoisotopic (exact) mass is 334 g/mol. The smallest absolute Gasteiger partial charge is 0.427 e. The molecule has 3 rings (SSSR count). The lowest BCUT2D eigenvalue weighted by molar-refractivity contribution is 0.171. The molecule has 0 fully saturated rings. The molecule has 126 valence electrons. The fourth-order valence-electron chi connectivity index (χ4n) is 2.47. The molecule has 5 nitrogen and oxygen atoms in total. The van der Waals surface area contributed by atoms with Crippen molar-refractivity contribution in [2.75, 3.05) is 7.11 Å². The zero-order chi connectivity index (χ0) is 17.5. The molecule has 0 bridgehead atoms. The van der Waals surface area contributed by atoms with Crippen LogP contribution in [-0.4, -0.2) is 19.4 Å². The Morgan fingerprint density at radius 3 is 2.76 bits per heavy atom. The molecule has 0 unspecified atom stereocenters. The van der Waals surface area contributed by atoms with Crippen molar-refractivity contribution in [1.29, 1.82) is 0 Å². The van der Waals surface area contributed by atoms with Crippen molar-refractivity contribution in [1.82, 2.24) is 5.43 Å². The summed E-state index contributed by atoms with van der Waals surface area (Å²) in [6, 6.07) is 21.9. The van der Waals surface area contributed by atoms with Gasteiger partial charge in [0, 0.05) is 0 Å². The summed E-state index contributed by atoms with van der Waals surface area (Å²) in [5.41, 5.74) is 4.19. The van der Waals surface area contributed by atoms with Crippen molar-refractivity contribution < 1.29 is 14.3 Å². The van der Waals surface area contributed by atoms with E-state index in [1.54, 1.807) is 0 Å². The number of fused-ring (bicyclic) bond motifs is 1. The average Bonchev–Trinajstić information content (AvgIpc) is 2.66. The number of benzene rings is 3. The molecule has 0 aliphatic carbocycles. The fourth-order valence-corrected chi connectivity index (χ4v) is 2.47. The normalized spacial score (nSPS) is 10.8. The molecule has 25 heavy (non-hydrogen) atoms. The summed E-state index contributed by atoms with van der Waals surface area (Å²) in [6.07, 6.45) is 0.918. The van der Waals surface area contributed by atoms with Gasteiger partial charge in [-0.15, -0.1) is 0 Å². The number of rotatable bonds is 5. The molecule has 3 aromatic rings. The Bertz CT molecular complexity index is 901. The molecular weight excluding hydrogens is 316 g/mol. The minimum Gasteiger partial charge on any atom is -0.489 e. The number of methoxy groups -OCH3 is 1. The standard InChI is InChI=1S/C20H18N2O3/c1-24-20(23)22-21-13-15-6-4-10-18(12-15)25-14-17-9-5-8-16-7-2-3-11-19(16)17/h2-13H,14H2,1H3,(H,22,23)/b21-13+. The lowest BCUT2D eigenvalue weighted by Gasteiger charge is -2.09. The first kappa shape index (κ1) is 16.5.